The summed E-state index contributed by atoms with van der Waals surface area (Å²) in [6.45, 7) is 6.04. The van der Waals surface area contributed by atoms with Crippen LogP contribution in [0, 0.1) is 5.92 Å². The summed E-state index contributed by atoms with van der Waals surface area (Å²) >= 11 is 5.34. The van der Waals surface area contributed by atoms with Crippen LogP contribution in [0.5, 0.6) is 0 Å². The van der Waals surface area contributed by atoms with E-state index >= 15 is 0 Å². The fourth-order valence-electron chi connectivity index (χ4n) is 3.93. The largest absolute Gasteiger partial charge is 0.339 e. The van der Waals surface area contributed by atoms with Gasteiger partial charge in [0.1, 0.15) is 17.0 Å². The average molecular weight is 470 g/mol. The second-order valence-electron chi connectivity index (χ2n) is 7.70. The first kappa shape index (κ1) is 18.7. The normalized spacial score (nSPS) is 15.1. The number of benzene rings is 1. The number of hydrogen-bond donors (Lipinski definition) is 1. The number of nitrogens with one attached hydrogen (secondary N) is 1. The molecule has 0 saturated heterocycles. The van der Waals surface area contributed by atoms with Gasteiger partial charge >= 0.3 is 0 Å². The molecule has 2 aliphatic heterocycles. The second kappa shape index (κ2) is 7.18. The van der Waals surface area contributed by atoms with Crippen molar-refractivity contribution in [3.8, 4) is 0 Å². The highest BCUT2D eigenvalue weighted by Gasteiger charge is 2.27. The Bertz CT molecular complexity index is 1170. The third-order valence-electron chi connectivity index (χ3n) is 5.42. The maximum Gasteiger partial charge on any atom is 0.225 e. The van der Waals surface area contributed by atoms with Gasteiger partial charge in [-0.05, 0) is 51.2 Å². The van der Waals surface area contributed by atoms with Gasteiger partial charge < -0.3 is 10.2 Å². The maximum atomic E-state index is 12.4. The first-order valence-corrected chi connectivity index (χ1v) is 11.3. The van der Waals surface area contributed by atoms with Crippen molar-refractivity contribution in [1.82, 2.24) is 14.9 Å². The van der Waals surface area contributed by atoms with Gasteiger partial charge in [-0.15, -0.1) is 11.3 Å². The predicted molar refractivity (Wildman–Crippen MR) is 120 cm³/mol. The number of hydrogen-bond acceptors (Lipinski definition) is 6. The van der Waals surface area contributed by atoms with Crippen LogP contribution in [0.4, 0.5) is 11.5 Å². The van der Waals surface area contributed by atoms with Gasteiger partial charge in [0.2, 0.25) is 5.91 Å². The molecule has 4 heterocycles. The lowest BCUT2D eigenvalue weighted by atomic mass is 10.0. The predicted octanol–water partition coefficient (Wildman–Crippen LogP) is 4.67. The van der Waals surface area contributed by atoms with Gasteiger partial charge in [0.25, 0.3) is 0 Å². The molecule has 0 aliphatic carbocycles. The first-order chi connectivity index (χ1) is 14.0. The van der Waals surface area contributed by atoms with Crippen LogP contribution in [0.15, 0.2) is 27.9 Å². The van der Waals surface area contributed by atoms with Crippen molar-refractivity contribution in [3.63, 3.8) is 0 Å². The molecule has 0 bridgehead atoms. The quantitative estimate of drug-likeness (QED) is 0.604. The number of aliphatic imine (C=N–C) groups is 1. The summed E-state index contributed by atoms with van der Waals surface area (Å²) in [4.78, 5) is 30.0. The third kappa shape index (κ3) is 3.24. The SMILES string of the molecule is CC(C)C(=O)N1CCc2c(sc3ncnc(Nc4cc5c(cc4Br)CN=C5)c23)C1. The Labute approximate surface area is 181 Å². The van der Waals surface area contributed by atoms with E-state index in [0.717, 1.165) is 51.3 Å². The zero-order valence-corrected chi connectivity index (χ0v) is 18.6. The molecule has 1 aromatic carbocycles. The number of thiophene rings is 1. The van der Waals surface area contributed by atoms with Crippen molar-refractivity contribution in [2.45, 2.75) is 33.4 Å². The molecule has 148 valence electrons. The highest BCUT2D eigenvalue weighted by atomic mass is 79.9. The Hall–Kier alpha value is -2.32. The standard InChI is InChI=1S/C21H20BrN5OS/c1-11(2)21(28)27-4-3-14-17(9-27)29-20-18(14)19(24-10-25-20)26-16-6-13-8-23-7-12(13)5-15(16)22/h5-6,8,10-11H,3-4,7,9H2,1-2H3,(H,24,25,26). The van der Waals surface area contributed by atoms with Crippen molar-refractivity contribution in [1.29, 1.82) is 0 Å². The van der Waals surface area contributed by atoms with Crippen molar-refractivity contribution in [2.24, 2.45) is 10.9 Å². The van der Waals surface area contributed by atoms with Gasteiger partial charge in [-0.25, -0.2) is 9.97 Å². The van der Waals surface area contributed by atoms with Crippen molar-refractivity contribution in [2.75, 3.05) is 11.9 Å². The van der Waals surface area contributed by atoms with Crippen LogP contribution < -0.4 is 5.32 Å². The molecule has 0 atom stereocenters. The third-order valence-corrected chi connectivity index (χ3v) is 7.20. The molecule has 0 fully saturated rings. The number of amides is 1. The lowest BCUT2D eigenvalue weighted by Gasteiger charge is -2.28. The van der Waals surface area contributed by atoms with Gasteiger partial charge in [0.05, 0.1) is 24.2 Å². The molecule has 29 heavy (non-hydrogen) atoms. The number of nitrogens with zero attached hydrogens (tertiary/aromatic N) is 4. The molecular weight excluding hydrogens is 450 g/mol. The van der Waals surface area contributed by atoms with E-state index in [9.17, 15) is 4.79 Å². The monoisotopic (exact) mass is 469 g/mol. The Morgan fingerprint density at radius 3 is 3.00 bits per heavy atom. The van der Waals surface area contributed by atoms with E-state index in [1.54, 1.807) is 17.7 Å². The molecule has 3 aromatic rings. The number of aromatic nitrogens is 2. The number of rotatable bonds is 3. The van der Waals surface area contributed by atoms with Crippen LogP contribution in [0.1, 0.15) is 35.4 Å². The first-order valence-electron chi connectivity index (χ1n) is 9.64. The van der Waals surface area contributed by atoms with Crippen LogP contribution in [-0.4, -0.2) is 33.5 Å². The minimum absolute atomic E-state index is 0.0173. The second-order valence-corrected chi connectivity index (χ2v) is 9.63. The van der Waals surface area contributed by atoms with Gasteiger partial charge in [0.15, 0.2) is 0 Å². The summed E-state index contributed by atoms with van der Waals surface area (Å²) in [7, 11) is 0. The topological polar surface area (TPSA) is 70.5 Å². The van der Waals surface area contributed by atoms with Crippen molar-refractivity contribution < 1.29 is 4.79 Å². The molecule has 1 amide bonds. The summed E-state index contributed by atoms with van der Waals surface area (Å²) in [5.74, 6) is 1.04. The van der Waals surface area contributed by atoms with Gasteiger partial charge in [-0.1, -0.05) is 13.8 Å². The zero-order chi connectivity index (χ0) is 20.1. The number of carbonyl (C=O) groups is 1. The summed E-state index contributed by atoms with van der Waals surface area (Å²) < 4.78 is 0.992. The van der Waals surface area contributed by atoms with Crippen LogP contribution in [-0.2, 0) is 24.3 Å². The Kier molecular flexibility index (Phi) is 4.63. The lowest BCUT2D eigenvalue weighted by molar-refractivity contribution is -0.135. The number of anilines is 2. The number of carbonyl (C=O) groups excluding carboxylic acids is 1. The van der Waals surface area contributed by atoms with Gasteiger partial charge in [-0.3, -0.25) is 9.79 Å². The molecule has 0 spiro atoms. The van der Waals surface area contributed by atoms with E-state index in [0.29, 0.717) is 6.54 Å². The van der Waals surface area contributed by atoms with E-state index in [1.165, 1.54) is 16.0 Å². The number of halogens is 1. The lowest BCUT2D eigenvalue weighted by Crippen LogP contribution is -2.37. The van der Waals surface area contributed by atoms with E-state index < -0.39 is 0 Å². The summed E-state index contributed by atoms with van der Waals surface area (Å²) in [5, 5.41) is 4.57. The fraction of sp³-hybridized carbons (Fsp3) is 0.333. The molecule has 1 N–H and O–H groups in total. The van der Waals surface area contributed by atoms with Crippen LogP contribution >= 0.6 is 27.3 Å². The molecule has 5 rings (SSSR count). The molecular formula is C21H20BrN5OS. The van der Waals surface area contributed by atoms with Gasteiger partial charge in [-0.2, -0.15) is 0 Å². The van der Waals surface area contributed by atoms with E-state index in [1.807, 2.05) is 25.0 Å². The van der Waals surface area contributed by atoms with Crippen LogP contribution in [0.25, 0.3) is 10.2 Å². The molecule has 0 saturated carbocycles. The van der Waals surface area contributed by atoms with E-state index in [-0.39, 0.29) is 11.8 Å². The molecule has 6 nitrogen and oxygen atoms in total. The fourth-order valence-corrected chi connectivity index (χ4v) is 5.62. The Balaban J connectivity index is 1.52. The Morgan fingerprint density at radius 2 is 2.17 bits per heavy atom. The number of fused-ring (bicyclic) bond motifs is 4. The van der Waals surface area contributed by atoms with E-state index in [4.69, 9.17) is 0 Å². The molecule has 2 aromatic heterocycles. The van der Waals surface area contributed by atoms with Crippen LogP contribution in [0.2, 0.25) is 0 Å². The van der Waals surface area contributed by atoms with Crippen molar-refractivity contribution in [3.05, 3.63) is 44.5 Å². The summed E-state index contributed by atoms with van der Waals surface area (Å²) in [6.07, 6.45) is 4.34. The molecule has 0 radical (unpaired) electrons. The van der Waals surface area contributed by atoms with Crippen LogP contribution in [0.3, 0.4) is 0 Å². The minimum Gasteiger partial charge on any atom is -0.339 e. The smallest absolute Gasteiger partial charge is 0.225 e. The molecule has 0 unspecified atom stereocenters. The maximum absolute atomic E-state index is 12.4. The van der Waals surface area contributed by atoms with Gasteiger partial charge in [0, 0.05) is 28.0 Å². The minimum atomic E-state index is 0.0173. The van der Waals surface area contributed by atoms with Crippen molar-refractivity contribution >= 4 is 61.1 Å². The zero-order valence-electron chi connectivity index (χ0n) is 16.2. The highest BCUT2D eigenvalue weighted by molar-refractivity contribution is 9.10. The molecule has 8 heteroatoms. The Morgan fingerprint density at radius 1 is 1.31 bits per heavy atom. The van der Waals surface area contributed by atoms with E-state index in [2.05, 4.69) is 48.3 Å². The highest BCUT2D eigenvalue weighted by Crippen LogP contribution is 2.39. The summed E-state index contributed by atoms with van der Waals surface area (Å²) in [5.41, 5.74) is 4.58. The molecule has 2 aliphatic rings. The summed E-state index contributed by atoms with van der Waals surface area (Å²) in [6, 6.07) is 4.22. The average Bonchev–Trinajstić information content (AvgIpc) is 3.30.